The third kappa shape index (κ3) is 5.96. The minimum Gasteiger partial charge on any atom is -0.406 e. The molecule has 1 aliphatic heterocycles. The Balaban J connectivity index is 1.33. The molecule has 0 amide bonds. The highest BCUT2D eigenvalue weighted by molar-refractivity contribution is 7.91. The van der Waals surface area contributed by atoms with E-state index in [4.69, 9.17) is 0 Å². The van der Waals surface area contributed by atoms with Crippen molar-refractivity contribution in [2.75, 3.05) is 4.90 Å². The van der Waals surface area contributed by atoms with E-state index >= 15 is 0 Å². The van der Waals surface area contributed by atoms with Crippen molar-refractivity contribution < 1.29 is 27.2 Å². The molecule has 2 fully saturated rings. The molecule has 0 aromatic heterocycles. The van der Waals surface area contributed by atoms with Crippen LogP contribution in [0.15, 0.2) is 82.1 Å². The number of para-hydroxylation sites is 2. The van der Waals surface area contributed by atoms with Crippen LogP contribution < -0.4 is 14.4 Å². The quantitative estimate of drug-likeness (QED) is 0.338. The lowest BCUT2D eigenvalue weighted by Crippen LogP contribution is -2.56. The van der Waals surface area contributed by atoms with Gasteiger partial charge in [-0.25, -0.2) is 13.3 Å². The van der Waals surface area contributed by atoms with Gasteiger partial charge in [0, 0.05) is 17.4 Å². The molecule has 3 aromatic carbocycles. The minimum absolute atomic E-state index is 0.0954. The number of rotatable bonds is 6. The highest BCUT2D eigenvalue weighted by atomic mass is 32.2. The number of nitrogens with zero attached hydrogens (tertiary/aromatic N) is 2. The molecular formula is C31H34F3N3O3S. The topological polar surface area (TPSA) is 74.2 Å². The molecule has 6 rings (SSSR count). The normalized spacial score (nSPS) is 24.3. The van der Waals surface area contributed by atoms with Gasteiger partial charge >= 0.3 is 6.36 Å². The predicted octanol–water partition coefficient (Wildman–Crippen LogP) is 6.69. The number of aryl methyl sites for hydroxylation is 2. The molecule has 1 heterocycles. The van der Waals surface area contributed by atoms with Crippen LogP contribution in [0.5, 0.6) is 5.75 Å². The second kappa shape index (κ2) is 11.3. The molecule has 0 bridgehead atoms. The van der Waals surface area contributed by atoms with Gasteiger partial charge in [0.15, 0.2) is 0 Å². The molecule has 2 saturated carbocycles. The Bertz CT molecular complexity index is 1450. The molecule has 218 valence electrons. The third-order valence-corrected chi connectivity index (χ3v) is 10.5. The van der Waals surface area contributed by atoms with Crippen LogP contribution >= 0.6 is 0 Å². The zero-order valence-corrected chi connectivity index (χ0v) is 23.4. The van der Waals surface area contributed by atoms with Gasteiger partial charge in [-0.2, -0.15) is 0 Å². The molecule has 41 heavy (non-hydrogen) atoms. The number of hydrogen-bond donors (Lipinski definition) is 2. The third-order valence-electron chi connectivity index (χ3n) is 8.38. The lowest BCUT2D eigenvalue weighted by Gasteiger charge is -2.43. The summed E-state index contributed by atoms with van der Waals surface area (Å²) in [5, 5.41) is 11.9. The Morgan fingerprint density at radius 2 is 1.44 bits per heavy atom. The molecule has 10 heteroatoms. The fourth-order valence-electron chi connectivity index (χ4n) is 6.13. The Morgan fingerprint density at radius 1 is 0.854 bits per heavy atom. The van der Waals surface area contributed by atoms with E-state index in [1.54, 1.807) is 0 Å². The van der Waals surface area contributed by atoms with E-state index in [9.17, 15) is 22.5 Å². The Labute approximate surface area is 238 Å². The number of ether oxygens (including phenoxy) is 1. The molecule has 3 aliphatic rings. The molecule has 4 unspecified atom stereocenters. The molecule has 0 radical (unpaired) electrons. The van der Waals surface area contributed by atoms with Crippen molar-refractivity contribution >= 4 is 21.3 Å². The number of aliphatic hydroxyl groups is 1. The van der Waals surface area contributed by atoms with Crippen LogP contribution in [-0.2, 0) is 22.8 Å². The number of nitrogens with one attached hydrogen (secondary N) is 1. The van der Waals surface area contributed by atoms with Crippen molar-refractivity contribution in [3.8, 4) is 5.75 Å². The van der Waals surface area contributed by atoms with Crippen LogP contribution in [-0.4, -0.2) is 39.9 Å². The largest absolute Gasteiger partial charge is 0.573 e. The zero-order valence-electron chi connectivity index (χ0n) is 22.6. The zero-order chi connectivity index (χ0) is 28.6. The number of benzene rings is 3. The van der Waals surface area contributed by atoms with Crippen molar-refractivity contribution in [2.45, 2.75) is 86.9 Å². The Kier molecular flexibility index (Phi) is 7.74. The maximum atomic E-state index is 14.5. The lowest BCUT2D eigenvalue weighted by atomic mass is 9.86. The van der Waals surface area contributed by atoms with E-state index in [1.807, 2.05) is 24.3 Å². The summed E-state index contributed by atoms with van der Waals surface area (Å²) in [6.45, 7) is 0. The average molecular weight is 586 g/mol. The summed E-state index contributed by atoms with van der Waals surface area (Å²) in [5.41, 5.74) is 4.58. The molecule has 2 N–H and O–H groups in total. The van der Waals surface area contributed by atoms with E-state index < -0.39 is 28.4 Å². The summed E-state index contributed by atoms with van der Waals surface area (Å²) in [7, 11) is -3.24. The van der Waals surface area contributed by atoms with Crippen molar-refractivity contribution in [3.63, 3.8) is 0 Å². The number of halogens is 3. The monoisotopic (exact) mass is 585 g/mol. The first kappa shape index (κ1) is 28.1. The van der Waals surface area contributed by atoms with Crippen LogP contribution in [0.25, 0.3) is 0 Å². The minimum atomic E-state index is -4.82. The Morgan fingerprint density at radius 3 is 2.00 bits per heavy atom. The number of aliphatic hydroxyl groups excluding tert-OH is 1. The van der Waals surface area contributed by atoms with Gasteiger partial charge in [0.1, 0.15) is 15.7 Å². The molecule has 2 aliphatic carbocycles. The van der Waals surface area contributed by atoms with Crippen molar-refractivity contribution in [2.24, 2.45) is 4.36 Å². The highest BCUT2D eigenvalue weighted by Gasteiger charge is 2.40. The number of fused-ring (bicyclic) bond motifs is 2. The average Bonchev–Trinajstić information content (AvgIpc) is 3.09. The van der Waals surface area contributed by atoms with Gasteiger partial charge in [-0.05, 0) is 98.9 Å². The summed E-state index contributed by atoms with van der Waals surface area (Å²) >= 11 is 0. The molecule has 3 aromatic rings. The van der Waals surface area contributed by atoms with Crippen LogP contribution in [0, 0.1) is 0 Å². The summed E-state index contributed by atoms with van der Waals surface area (Å²) in [4.78, 5) is 2.53. The maximum Gasteiger partial charge on any atom is 0.573 e. The second-order valence-electron chi connectivity index (χ2n) is 11.1. The fraction of sp³-hybridized carbons (Fsp3) is 0.419. The van der Waals surface area contributed by atoms with Crippen LogP contribution in [0.3, 0.4) is 0 Å². The fourth-order valence-corrected chi connectivity index (χ4v) is 8.25. The van der Waals surface area contributed by atoms with Gasteiger partial charge < -0.3 is 14.7 Å². The standard InChI is InChI=1S/C31H34F3N3O3S/c32-31(33,34)40-24-17-19-25(20-18-24)41(39,35-23-9-5-10-23)36-26-11-6-14-29(30(26)38)37-27-12-3-1-7-21(27)15-16-22-8-2-4-13-28(22)37/h1-4,7-8,12-13,17-20,23,26,29-30,38H,5-6,9-11,14-16H2,(H,35,36,39). The van der Waals surface area contributed by atoms with Crippen LogP contribution in [0.4, 0.5) is 24.5 Å². The van der Waals surface area contributed by atoms with Crippen molar-refractivity contribution in [1.82, 2.24) is 4.72 Å². The summed E-state index contributed by atoms with van der Waals surface area (Å²) in [5.74, 6) is -0.386. The number of anilines is 2. The van der Waals surface area contributed by atoms with Crippen LogP contribution in [0.1, 0.15) is 49.7 Å². The van der Waals surface area contributed by atoms with E-state index in [2.05, 4.69) is 43.0 Å². The first-order valence-electron chi connectivity index (χ1n) is 14.2. The predicted molar refractivity (Wildman–Crippen MR) is 153 cm³/mol. The van der Waals surface area contributed by atoms with E-state index in [-0.39, 0.29) is 22.7 Å². The Hall–Kier alpha value is -3.08. The van der Waals surface area contributed by atoms with Crippen molar-refractivity contribution in [3.05, 3.63) is 83.9 Å². The number of alkyl halides is 3. The van der Waals surface area contributed by atoms with E-state index in [1.165, 1.54) is 23.3 Å². The van der Waals surface area contributed by atoms with Crippen LogP contribution in [0.2, 0.25) is 0 Å². The number of hydrogen-bond acceptors (Lipinski definition) is 5. The van der Waals surface area contributed by atoms with Gasteiger partial charge in [0.25, 0.3) is 0 Å². The molecule has 0 saturated heterocycles. The second-order valence-corrected chi connectivity index (χ2v) is 13.0. The molecule has 0 spiro atoms. The SMILES string of the molecule is O=S(=NC1CCC1)(NC1CCCC(N2c3ccccc3CCc3ccccc32)C1O)c1ccc(OC(F)(F)F)cc1. The first-order valence-corrected chi connectivity index (χ1v) is 15.7. The summed E-state index contributed by atoms with van der Waals surface area (Å²) in [6.07, 6.45) is 0.884. The highest BCUT2D eigenvalue weighted by Crippen LogP contribution is 2.41. The van der Waals surface area contributed by atoms with Gasteiger partial charge in [-0.3, -0.25) is 0 Å². The molecule has 6 nitrogen and oxygen atoms in total. The van der Waals surface area contributed by atoms with Gasteiger partial charge in [0.2, 0.25) is 0 Å². The first-order chi connectivity index (χ1) is 19.7. The lowest BCUT2D eigenvalue weighted by molar-refractivity contribution is -0.274. The van der Waals surface area contributed by atoms with Gasteiger partial charge in [-0.15, -0.1) is 13.2 Å². The summed E-state index contributed by atoms with van der Waals surface area (Å²) < 4.78 is 64.5. The summed E-state index contributed by atoms with van der Waals surface area (Å²) in [6, 6.07) is 20.7. The van der Waals surface area contributed by atoms with Gasteiger partial charge in [0.05, 0.1) is 23.1 Å². The van der Waals surface area contributed by atoms with E-state index in [0.717, 1.165) is 68.5 Å². The molecular weight excluding hydrogens is 551 g/mol. The van der Waals surface area contributed by atoms with E-state index in [0.29, 0.717) is 6.42 Å². The maximum absolute atomic E-state index is 14.5. The molecule has 4 atom stereocenters. The smallest absolute Gasteiger partial charge is 0.406 e. The van der Waals surface area contributed by atoms with Gasteiger partial charge in [-0.1, -0.05) is 36.4 Å². The van der Waals surface area contributed by atoms with Crippen molar-refractivity contribution in [1.29, 1.82) is 0 Å².